The molecule has 2 rings (SSSR count). The molecule has 1 aromatic rings. The van der Waals surface area contributed by atoms with E-state index in [-0.39, 0.29) is 11.9 Å². The van der Waals surface area contributed by atoms with Crippen LogP contribution in [0.3, 0.4) is 0 Å². The molecule has 1 aromatic carbocycles. The molecule has 1 atom stereocenters. The lowest BCUT2D eigenvalue weighted by Crippen LogP contribution is -2.49. The Morgan fingerprint density at radius 3 is 2.58 bits per heavy atom. The molecule has 0 aliphatic carbocycles. The maximum atomic E-state index is 12.5. The summed E-state index contributed by atoms with van der Waals surface area (Å²) in [4.78, 5) is 15.0. The summed E-state index contributed by atoms with van der Waals surface area (Å²) in [5.41, 5.74) is 0.950. The van der Waals surface area contributed by atoms with E-state index in [0.29, 0.717) is 23.2 Å². The zero-order valence-electron chi connectivity index (χ0n) is 15.1. The third-order valence-corrected chi connectivity index (χ3v) is 5.10. The van der Waals surface area contributed by atoms with E-state index < -0.39 is 6.10 Å². The number of hydrogen-bond donors (Lipinski definition) is 1. The van der Waals surface area contributed by atoms with Crippen LogP contribution >= 0.6 is 11.6 Å². The van der Waals surface area contributed by atoms with Crippen molar-refractivity contribution in [2.45, 2.75) is 65.1 Å². The third-order valence-electron chi connectivity index (χ3n) is 4.68. The van der Waals surface area contributed by atoms with Crippen LogP contribution in [-0.4, -0.2) is 42.1 Å². The van der Waals surface area contributed by atoms with Crippen molar-refractivity contribution in [3.63, 3.8) is 0 Å². The smallest absolute Gasteiger partial charge is 0.261 e. The Hall–Kier alpha value is -1.26. The number of ether oxygens (including phenoxy) is 1. The molecule has 1 amide bonds. The molecule has 1 fully saturated rings. The fraction of sp³-hybridized carbons (Fsp3) is 0.632. The van der Waals surface area contributed by atoms with Crippen LogP contribution < -0.4 is 10.1 Å². The molecule has 0 bridgehead atoms. The number of benzene rings is 1. The summed E-state index contributed by atoms with van der Waals surface area (Å²) in [7, 11) is 0. The summed E-state index contributed by atoms with van der Waals surface area (Å²) >= 11 is 6.04. The van der Waals surface area contributed by atoms with E-state index in [1.54, 1.807) is 6.07 Å². The van der Waals surface area contributed by atoms with E-state index in [0.717, 1.165) is 31.5 Å². The van der Waals surface area contributed by atoms with Gasteiger partial charge in [0.25, 0.3) is 5.91 Å². The molecular formula is C19H29ClN2O2. The summed E-state index contributed by atoms with van der Waals surface area (Å²) < 4.78 is 5.88. The van der Waals surface area contributed by atoms with Crippen LogP contribution in [0.2, 0.25) is 5.02 Å². The summed E-state index contributed by atoms with van der Waals surface area (Å²) in [6.45, 7) is 10.4. The van der Waals surface area contributed by atoms with Gasteiger partial charge >= 0.3 is 0 Å². The van der Waals surface area contributed by atoms with Gasteiger partial charge in [0.1, 0.15) is 5.75 Å². The van der Waals surface area contributed by atoms with Crippen molar-refractivity contribution in [2.24, 2.45) is 0 Å². The molecule has 1 heterocycles. The molecule has 5 heteroatoms. The number of hydrogen-bond acceptors (Lipinski definition) is 3. The van der Waals surface area contributed by atoms with Gasteiger partial charge in [-0.25, -0.2) is 0 Å². The molecule has 0 unspecified atom stereocenters. The highest BCUT2D eigenvalue weighted by Crippen LogP contribution is 2.22. The van der Waals surface area contributed by atoms with Gasteiger partial charge in [0.15, 0.2) is 6.10 Å². The summed E-state index contributed by atoms with van der Waals surface area (Å²) in [6.07, 6.45) is 2.17. The number of nitrogens with one attached hydrogen (secondary N) is 1. The van der Waals surface area contributed by atoms with E-state index in [1.807, 2.05) is 26.0 Å². The first-order valence-electron chi connectivity index (χ1n) is 8.88. The van der Waals surface area contributed by atoms with Crippen LogP contribution in [0.5, 0.6) is 5.75 Å². The molecule has 1 aliphatic heterocycles. The van der Waals surface area contributed by atoms with Gasteiger partial charge in [-0.05, 0) is 63.8 Å². The minimum Gasteiger partial charge on any atom is -0.481 e. The quantitative estimate of drug-likeness (QED) is 0.846. The average Bonchev–Trinajstić information content (AvgIpc) is 2.56. The number of likely N-dealkylation sites (tertiary alicyclic amines) is 1. The number of carbonyl (C=O) groups is 1. The summed E-state index contributed by atoms with van der Waals surface area (Å²) in [5, 5.41) is 3.86. The fourth-order valence-corrected chi connectivity index (χ4v) is 3.15. The van der Waals surface area contributed by atoms with Gasteiger partial charge in [0.2, 0.25) is 0 Å². The van der Waals surface area contributed by atoms with Crippen molar-refractivity contribution >= 4 is 17.5 Å². The molecule has 1 aliphatic rings. The minimum atomic E-state index is -0.464. The van der Waals surface area contributed by atoms with Crippen LogP contribution in [0.1, 0.15) is 45.6 Å². The third kappa shape index (κ3) is 5.12. The lowest BCUT2D eigenvalue weighted by atomic mass is 10.0. The molecule has 0 spiro atoms. The molecule has 0 aromatic heterocycles. The molecule has 0 saturated carbocycles. The summed E-state index contributed by atoms with van der Waals surface area (Å²) in [6, 6.07) is 6.31. The van der Waals surface area contributed by atoms with Gasteiger partial charge in [0, 0.05) is 30.2 Å². The zero-order valence-corrected chi connectivity index (χ0v) is 15.9. The Balaban J connectivity index is 1.88. The topological polar surface area (TPSA) is 41.6 Å². The SMILES string of the molecule is CC[C@@H](Oc1ccc(Cl)c(C)c1)C(=O)NC1CCN(C(C)C)CC1. The van der Waals surface area contributed by atoms with Gasteiger partial charge in [-0.3, -0.25) is 4.79 Å². The Morgan fingerprint density at radius 2 is 2.04 bits per heavy atom. The molecule has 1 N–H and O–H groups in total. The van der Waals surface area contributed by atoms with E-state index >= 15 is 0 Å². The molecule has 4 nitrogen and oxygen atoms in total. The molecule has 1 saturated heterocycles. The van der Waals surface area contributed by atoms with Crippen LogP contribution in [0.15, 0.2) is 18.2 Å². The predicted octanol–water partition coefficient (Wildman–Crippen LogP) is 3.79. The fourth-order valence-electron chi connectivity index (χ4n) is 3.03. The van der Waals surface area contributed by atoms with Crippen molar-refractivity contribution < 1.29 is 9.53 Å². The predicted molar refractivity (Wildman–Crippen MR) is 98.8 cm³/mol. The van der Waals surface area contributed by atoms with Gasteiger partial charge in [0.05, 0.1) is 0 Å². The van der Waals surface area contributed by atoms with Crippen molar-refractivity contribution in [3.05, 3.63) is 28.8 Å². The van der Waals surface area contributed by atoms with Crippen LogP contribution in [-0.2, 0) is 4.79 Å². The zero-order chi connectivity index (χ0) is 17.7. The number of halogens is 1. The van der Waals surface area contributed by atoms with Gasteiger partial charge in [-0.15, -0.1) is 0 Å². The van der Waals surface area contributed by atoms with Crippen molar-refractivity contribution in [1.29, 1.82) is 0 Å². The lowest BCUT2D eigenvalue weighted by molar-refractivity contribution is -0.129. The first kappa shape index (κ1) is 19.1. The Bertz CT molecular complexity index is 554. The average molecular weight is 353 g/mol. The normalized spacial score (nSPS) is 17.8. The number of piperidine rings is 1. The highest BCUT2D eigenvalue weighted by atomic mass is 35.5. The van der Waals surface area contributed by atoms with Gasteiger partial charge in [-0.2, -0.15) is 0 Å². The van der Waals surface area contributed by atoms with E-state index in [4.69, 9.17) is 16.3 Å². The van der Waals surface area contributed by atoms with Gasteiger partial charge in [-0.1, -0.05) is 18.5 Å². The Morgan fingerprint density at radius 1 is 1.38 bits per heavy atom. The van der Waals surface area contributed by atoms with Crippen LogP contribution in [0.4, 0.5) is 0 Å². The maximum absolute atomic E-state index is 12.5. The number of rotatable bonds is 6. The van der Waals surface area contributed by atoms with Gasteiger partial charge < -0.3 is 15.0 Å². The Kier molecular flexibility index (Phi) is 6.93. The van der Waals surface area contributed by atoms with E-state index in [1.165, 1.54) is 0 Å². The molecular weight excluding hydrogens is 324 g/mol. The maximum Gasteiger partial charge on any atom is 0.261 e. The lowest BCUT2D eigenvalue weighted by Gasteiger charge is -2.35. The van der Waals surface area contributed by atoms with Crippen molar-refractivity contribution in [3.8, 4) is 5.75 Å². The van der Waals surface area contributed by atoms with Crippen molar-refractivity contribution in [1.82, 2.24) is 10.2 Å². The molecule has 24 heavy (non-hydrogen) atoms. The van der Waals surface area contributed by atoms with E-state index in [9.17, 15) is 4.79 Å². The molecule has 134 valence electrons. The van der Waals surface area contributed by atoms with E-state index in [2.05, 4.69) is 24.1 Å². The number of aryl methyl sites for hydroxylation is 1. The summed E-state index contributed by atoms with van der Waals surface area (Å²) in [5.74, 6) is 0.668. The first-order chi connectivity index (χ1) is 11.4. The Labute approximate surface area is 150 Å². The van der Waals surface area contributed by atoms with Crippen molar-refractivity contribution in [2.75, 3.05) is 13.1 Å². The minimum absolute atomic E-state index is 0.0203. The highest BCUT2D eigenvalue weighted by molar-refractivity contribution is 6.31. The molecule has 0 radical (unpaired) electrons. The van der Waals surface area contributed by atoms with Crippen LogP contribution in [0.25, 0.3) is 0 Å². The second-order valence-corrected chi connectivity index (χ2v) is 7.25. The number of nitrogens with zero attached hydrogens (tertiary/aromatic N) is 1. The largest absolute Gasteiger partial charge is 0.481 e. The highest BCUT2D eigenvalue weighted by Gasteiger charge is 2.25. The second kappa shape index (κ2) is 8.72. The first-order valence-corrected chi connectivity index (χ1v) is 9.25. The number of amides is 1. The van der Waals surface area contributed by atoms with Crippen LogP contribution in [0, 0.1) is 6.92 Å². The number of carbonyl (C=O) groups excluding carboxylic acids is 1. The second-order valence-electron chi connectivity index (χ2n) is 6.84. The standard InChI is InChI=1S/C19H29ClN2O2/c1-5-18(24-16-6-7-17(20)14(4)12-16)19(23)21-15-8-10-22(11-9-15)13(2)3/h6-7,12-13,15,18H,5,8-11H2,1-4H3,(H,21,23)/t18-/m1/s1. The monoisotopic (exact) mass is 352 g/mol.